The van der Waals surface area contributed by atoms with Crippen molar-refractivity contribution in [2.75, 3.05) is 5.32 Å². The van der Waals surface area contributed by atoms with Crippen LogP contribution in [0.1, 0.15) is 22.3 Å². The van der Waals surface area contributed by atoms with Gasteiger partial charge in [-0.1, -0.05) is 12.1 Å². The minimum atomic E-state index is -1.000. The van der Waals surface area contributed by atoms with E-state index >= 15 is 0 Å². The van der Waals surface area contributed by atoms with Crippen molar-refractivity contribution in [1.29, 1.82) is 0 Å². The fraction of sp³-hybridized carbons (Fsp3) is 0.125. The van der Waals surface area contributed by atoms with E-state index in [1.807, 2.05) is 29.6 Å². The van der Waals surface area contributed by atoms with E-state index in [-0.39, 0.29) is 11.5 Å². The number of anilines is 1. The van der Waals surface area contributed by atoms with Gasteiger partial charge in [-0.25, -0.2) is 9.78 Å². The predicted molar refractivity (Wildman–Crippen MR) is 90.1 cm³/mol. The number of carboxylic acid groups (broad SMARTS) is 1. The molecule has 1 amide bonds. The maximum absolute atomic E-state index is 11.0. The molecule has 0 saturated heterocycles. The number of aromatic carboxylic acids is 1. The van der Waals surface area contributed by atoms with Crippen LogP contribution in [-0.4, -0.2) is 31.7 Å². The highest BCUT2D eigenvalue weighted by molar-refractivity contribution is 7.09. The Bertz CT molecular complexity index is 883. The molecule has 0 aliphatic carbocycles. The van der Waals surface area contributed by atoms with Crippen molar-refractivity contribution in [2.45, 2.75) is 13.5 Å². The van der Waals surface area contributed by atoms with Gasteiger partial charge in [0.1, 0.15) is 5.01 Å². The van der Waals surface area contributed by atoms with E-state index < -0.39 is 5.97 Å². The van der Waals surface area contributed by atoms with Crippen LogP contribution in [-0.2, 0) is 11.3 Å². The fourth-order valence-electron chi connectivity index (χ4n) is 2.14. The van der Waals surface area contributed by atoms with Gasteiger partial charge in [0.25, 0.3) is 0 Å². The minimum absolute atomic E-state index is 0.112. The molecular formula is C16H14N4O3S. The molecule has 3 aromatic rings. The smallest absolute Gasteiger partial charge is 0.338 e. The summed E-state index contributed by atoms with van der Waals surface area (Å²) in [5.74, 6) is -1.11. The third-order valence-corrected chi connectivity index (χ3v) is 4.06. The number of rotatable bonds is 5. The first-order valence-electron chi connectivity index (χ1n) is 7.09. The predicted octanol–water partition coefficient (Wildman–Crippen LogP) is 2.71. The molecule has 3 rings (SSSR count). The summed E-state index contributed by atoms with van der Waals surface area (Å²) in [7, 11) is 0. The van der Waals surface area contributed by atoms with Crippen molar-refractivity contribution < 1.29 is 14.7 Å². The summed E-state index contributed by atoms with van der Waals surface area (Å²) < 4.78 is 1.55. The highest BCUT2D eigenvalue weighted by atomic mass is 32.1. The van der Waals surface area contributed by atoms with Crippen molar-refractivity contribution in [2.24, 2.45) is 0 Å². The van der Waals surface area contributed by atoms with E-state index in [0.717, 1.165) is 22.0 Å². The molecule has 8 heteroatoms. The Labute approximate surface area is 141 Å². The number of aromatic nitrogens is 3. The van der Waals surface area contributed by atoms with Crippen LogP contribution in [0.25, 0.3) is 11.3 Å². The third-order valence-electron chi connectivity index (χ3n) is 3.23. The first-order valence-corrected chi connectivity index (χ1v) is 7.97. The topological polar surface area (TPSA) is 97.1 Å². The van der Waals surface area contributed by atoms with Crippen LogP contribution in [0.2, 0.25) is 0 Å². The highest BCUT2D eigenvalue weighted by Crippen LogP contribution is 2.24. The standard InChI is InChI=1S/C16H14N4O3S/c1-10(21)18-13-4-2-11(3-5-13)14-9-24-15(19-14)8-20-7-12(6-17-20)16(22)23/h2-7,9H,8H2,1H3,(H,18,21)(H,22,23). The van der Waals surface area contributed by atoms with Gasteiger partial charge in [0.2, 0.25) is 5.91 Å². The van der Waals surface area contributed by atoms with Crippen molar-refractivity contribution in [3.05, 3.63) is 52.6 Å². The molecule has 7 nitrogen and oxygen atoms in total. The molecule has 0 atom stereocenters. The van der Waals surface area contributed by atoms with Crippen LogP contribution in [0.5, 0.6) is 0 Å². The number of nitrogens with one attached hydrogen (secondary N) is 1. The molecule has 0 saturated carbocycles. The normalized spacial score (nSPS) is 10.5. The maximum atomic E-state index is 11.0. The molecule has 2 aromatic heterocycles. The molecule has 2 N–H and O–H groups in total. The van der Waals surface area contributed by atoms with Crippen LogP contribution in [0, 0.1) is 0 Å². The molecule has 0 bridgehead atoms. The Balaban J connectivity index is 1.72. The molecule has 24 heavy (non-hydrogen) atoms. The third kappa shape index (κ3) is 3.66. The van der Waals surface area contributed by atoms with Crippen molar-refractivity contribution >= 4 is 28.9 Å². The second-order valence-electron chi connectivity index (χ2n) is 5.12. The monoisotopic (exact) mass is 342 g/mol. The number of carbonyl (C=O) groups excluding carboxylic acids is 1. The number of amides is 1. The molecule has 0 aliphatic rings. The summed E-state index contributed by atoms with van der Waals surface area (Å²) in [6.07, 6.45) is 2.79. The van der Waals surface area contributed by atoms with E-state index in [4.69, 9.17) is 5.11 Å². The minimum Gasteiger partial charge on any atom is -0.478 e. The van der Waals surface area contributed by atoms with Crippen LogP contribution in [0.4, 0.5) is 5.69 Å². The molecule has 1 aromatic carbocycles. The Morgan fingerprint density at radius 2 is 2.04 bits per heavy atom. The largest absolute Gasteiger partial charge is 0.478 e. The highest BCUT2D eigenvalue weighted by Gasteiger charge is 2.09. The Kier molecular flexibility index (Phi) is 4.39. The van der Waals surface area contributed by atoms with Gasteiger partial charge >= 0.3 is 5.97 Å². The van der Waals surface area contributed by atoms with Gasteiger partial charge in [0.15, 0.2) is 0 Å². The lowest BCUT2D eigenvalue weighted by atomic mass is 10.1. The Morgan fingerprint density at radius 1 is 1.29 bits per heavy atom. The molecule has 0 spiro atoms. The number of thiazole rings is 1. The summed E-state index contributed by atoms with van der Waals surface area (Å²) in [6.45, 7) is 1.88. The van der Waals surface area contributed by atoms with Crippen LogP contribution < -0.4 is 5.32 Å². The van der Waals surface area contributed by atoms with E-state index in [1.54, 1.807) is 4.68 Å². The zero-order valence-corrected chi connectivity index (χ0v) is 13.6. The van der Waals surface area contributed by atoms with E-state index in [2.05, 4.69) is 15.4 Å². The molecule has 0 unspecified atom stereocenters. The summed E-state index contributed by atoms with van der Waals surface area (Å²) in [6, 6.07) is 7.42. The second-order valence-corrected chi connectivity index (χ2v) is 6.06. The van der Waals surface area contributed by atoms with E-state index in [1.165, 1.54) is 30.7 Å². The summed E-state index contributed by atoms with van der Waals surface area (Å²) in [5, 5.41) is 18.4. The number of carbonyl (C=O) groups is 2. The first-order chi connectivity index (χ1) is 11.5. The van der Waals surface area contributed by atoms with Crippen LogP contribution in [0.3, 0.4) is 0 Å². The van der Waals surface area contributed by atoms with Crippen molar-refractivity contribution in [3.8, 4) is 11.3 Å². The maximum Gasteiger partial charge on any atom is 0.338 e. The SMILES string of the molecule is CC(=O)Nc1ccc(-c2csc(Cn3cc(C(=O)O)cn3)n2)cc1. The number of hydrogen-bond donors (Lipinski definition) is 2. The Hall–Kier alpha value is -3.00. The molecule has 2 heterocycles. The fourth-order valence-corrected chi connectivity index (χ4v) is 2.94. The lowest BCUT2D eigenvalue weighted by Crippen LogP contribution is -2.05. The number of benzene rings is 1. The van der Waals surface area contributed by atoms with Gasteiger partial charge < -0.3 is 10.4 Å². The van der Waals surface area contributed by atoms with Crippen LogP contribution in [0.15, 0.2) is 42.0 Å². The lowest BCUT2D eigenvalue weighted by molar-refractivity contribution is -0.114. The summed E-state index contributed by atoms with van der Waals surface area (Å²) in [4.78, 5) is 26.4. The zero-order valence-electron chi connectivity index (χ0n) is 12.8. The number of carboxylic acids is 1. The number of nitrogens with zero attached hydrogens (tertiary/aromatic N) is 3. The molecule has 0 radical (unpaired) electrons. The quantitative estimate of drug-likeness (QED) is 0.743. The van der Waals surface area contributed by atoms with Gasteiger partial charge in [-0.2, -0.15) is 5.10 Å². The molecule has 0 aliphatic heterocycles. The summed E-state index contributed by atoms with van der Waals surface area (Å²) >= 11 is 1.48. The average molecular weight is 342 g/mol. The first kappa shape index (κ1) is 15.9. The van der Waals surface area contributed by atoms with Gasteiger partial charge in [-0.15, -0.1) is 11.3 Å². The van der Waals surface area contributed by atoms with E-state index in [9.17, 15) is 9.59 Å². The average Bonchev–Trinajstić information content (AvgIpc) is 3.17. The number of hydrogen-bond acceptors (Lipinski definition) is 5. The lowest BCUT2D eigenvalue weighted by Gasteiger charge is -2.02. The Morgan fingerprint density at radius 3 is 2.67 bits per heavy atom. The van der Waals surface area contributed by atoms with Gasteiger partial charge in [0.05, 0.1) is 24.0 Å². The van der Waals surface area contributed by atoms with Gasteiger partial charge in [-0.3, -0.25) is 9.48 Å². The second kappa shape index (κ2) is 6.63. The molecule has 0 fully saturated rings. The van der Waals surface area contributed by atoms with Crippen molar-refractivity contribution in [3.63, 3.8) is 0 Å². The van der Waals surface area contributed by atoms with Crippen molar-refractivity contribution in [1.82, 2.24) is 14.8 Å². The van der Waals surface area contributed by atoms with E-state index in [0.29, 0.717) is 6.54 Å². The van der Waals surface area contributed by atoms with Crippen LogP contribution >= 0.6 is 11.3 Å². The zero-order chi connectivity index (χ0) is 17.1. The molecular weight excluding hydrogens is 328 g/mol. The van der Waals surface area contributed by atoms with Gasteiger partial charge in [0, 0.05) is 29.8 Å². The molecule has 122 valence electrons. The van der Waals surface area contributed by atoms with Gasteiger partial charge in [-0.05, 0) is 12.1 Å². The summed E-state index contributed by atoms with van der Waals surface area (Å²) in [5.41, 5.74) is 2.66.